The summed E-state index contributed by atoms with van der Waals surface area (Å²) in [6.45, 7) is 0. The molecule has 0 atom stereocenters. The summed E-state index contributed by atoms with van der Waals surface area (Å²) >= 11 is 0. The third-order valence-electron chi connectivity index (χ3n) is 2.37. The van der Waals surface area contributed by atoms with Crippen LogP contribution in [0.3, 0.4) is 0 Å². The second-order valence-electron chi connectivity index (χ2n) is 3.88. The van der Waals surface area contributed by atoms with E-state index in [0.717, 1.165) is 6.07 Å². The topological polar surface area (TPSA) is 81.2 Å². The first-order chi connectivity index (χ1) is 9.87. The number of rotatable bonds is 4. The van der Waals surface area contributed by atoms with Crippen LogP contribution in [0.15, 0.2) is 42.7 Å². The van der Waals surface area contributed by atoms with Crippen LogP contribution in [0.4, 0.5) is 13.2 Å². The van der Waals surface area contributed by atoms with E-state index in [9.17, 15) is 13.2 Å². The number of aromatic nitrogens is 1. The van der Waals surface area contributed by atoms with Gasteiger partial charge in [0.2, 0.25) is 0 Å². The molecule has 0 fully saturated rings. The second-order valence-corrected chi connectivity index (χ2v) is 3.88. The Bertz CT molecular complexity index is 659. The number of para-hydroxylation sites is 2. The number of hydrogen-bond donors (Lipinski definition) is 2. The quantitative estimate of drug-likeness (QED) is 0.671. The van der Waals surface area contributed by atoms with Gasteiger partial charge in [0.1, 0.15) is 5.84 Å². The number of alkyl halides is 3. The molecule has 8 heteroatoms. The van der Waals surface area contributed by atoms with Gasteiger partial charge in [0.05, 0.1) is 11.8 Å². The molecule has 5 nitrogen and oxygen atoms in total. The molecule has 0 unspecified atom stereocenters. The molecule has 1 heterocycles. The van der Waals surface area contributed by atoms with Crippen molar-refractivity contribution < 1.29 is 22.6 Å². The molecule has 0 radical (unpaired) electrons. The maximum atomic E-state index is 12.3. The van der Waals surface area contributed by atoms with Crippen LogP contribution in [0.5, 0.6) is 17.2 Å². The molecule has 21 heavy (non-hydrogen) atoms. The molecule has 3 N–H and O–H groups in total. The predicted molar refractivity (Wildman–Crippen MR) is 68.5 cm³/mol. The maximum absolute atomic E-state index is 12.3. The fourth-order valence-electron chi connectivity index (χ4n) is 1.55. The first kappa shape index (κ1) is 14.6. The molecule has 0 saturated carbocycles. The van der Waals surface area contributed by atoms with Crippen LogP contribution in [0.1, 0.15) is 5.56 Å². The Morgan fingerprint density at radius 3 is 2.38 bits per heavy atom. The molecule has 2 aromatic rings. The highest BCUT2D eigenvalue weighted by Gasteiger charge is 2.32. The van der Waals surface area contributed by atoms with Gasteiger partial charge in [0.25, 0.3) is 0 Å². The van der Waals surface area contributed by atoms with Gasteiger partial charge >= 0.3 is 6.36 Å². The van der Waals surface area contributed by atoms with E-state index >= 15 is 0 Å². The molecule has 1 aromatic heterocycles. The van der Waals surface area contributed by atoms with Gasteiger partial charge in [-0.3, -0.25) is 10.4 Å². The van der Waals surface area contributed by atoms with Crippen molar-refractivity contribution in [2.75, 3.05) is 0 Å². The molecule has 0 bridgehead atoms. The first-order valence-corrected chi connectivity index (χ1v) is 5.68. The van der Waals surface area contributed by atoms with Crippen LogP contribution in [0.2, 0.25) is 0 Å². The van der Waals surface area contributed by atoms with E-state index in [2.05, 4.69) is 9.72 Å². The normalized spacial score (nSPS) is 11.0. The third kappa shape index (κ3) is 3.85. The molecule has 0 spiro atoms. The van der Waals surface area contributed by atoms with E-state index in [1.54, 1.807) is 0 Å². The van der Waals surface area contributed by atoms with E-state index in [-0.39, 0.29) is 22.9 Å². The van der Waals surface area contributed by atoms with Crippen molar-refractivity contribution in [3.63, 3.8) is 0 Å². The summed E-state index contributed by atoms with van der Waals surface area (Å²) in [5, 5.41) is 7.40. The van der Waals surface area contributed by atoms with Gasteiger partial charge in [-0.05, 0) is 18.2 Å². The number of amidine groups is 1. The molecule has 0 saturated heterocycles. The number of nitrogens with zero attached hydrogens (tertiary/aromatic N) is 1. The number of halogens is 3. The Morgan fingerprint density at radius 1 is 1.10 bits per heavy atom. The highest BCUT2D eigenvalue weighted by molar-refractivity contribution is 5.97. The van der Waals surface area contributed by atoms with Crippen LogP contribution >= 0.6 is 0 Å². The van der Waals surface area contributed by atoms with E-state index < -0.39 is 12.1 Å². The lowest BCUT2D eigenvalue weighted by Gasteiger charge is -2.14. The van der Waals surface area contributed by atoms with Crippen molar-refractivity contribution in [2.24, 2.45) is 5.73 Å². The Labute approximate surface area is 117 Å². The highest BCUT2D eigenvalue weighted by atomic mass is 19.4. The Morgan fingerprint density at radius 2 is 1.76 bits per heavy atom. The summed E-state index contributed by atoms with van der Waals surface area (Å²) in [6.07, 6.45) is -2.19. The molecule has 110 valence electrons. The number of pyridine rings is 1. The predicted octanol–water partition coefficient (Wildman–Crippen LogP) is 3.06. The van der Waals surface area contributed by atoms with Crippen molar-refractivity contribution >= 4 is 5.84 Å². The minimum Gasteiger partial charge on any atom is -0.451 e. The summed E-state index contributed by atoms with van der Waals surface area (Å²) in [7, 11) is 0. The van der Waals surface area contributed by atoms with Gasteiger partial charge in [-0.25, -0.2) is 0 Å². The highest BCUT2D eigenvalue weighted by Crippen LogP contribution is 2.35. The minimum atomic E-state index is -4.84. The van der Waals surface area contributed by atoms with Crippen LogP contribution in [0.25, 0.3) is 0 Å². The minimum absolute atomic E-state index is 0.0585. The van der Waals surface area contributed by atoms with Crippen LogP contribution in [-0.4, -0.2) is 17.2 Å². The lowest BCUT2D eigenvalue weighted by atomic mass is 10.2. The third-order valence-corrected chi connectivity index (χ3v) is 2.37. The lowest BCUT2D eigenvalue weighted by molar-refractivity contribution is -0.275. The zero-order valence-electron chi connectivity index (χ0n) is 10.5. The number of hydrogen-bond acceptors (Lipinski definition) is 4. The molecular formula is C13H10F3N3O2. The zero-order valence-corrected chi connectivity index (χ0v) is 10.5. The molecule has 1 aromatic carbocycles. The van der Waals surface area contributed by atoms with Gasteiger partial charge in [0.15, 0.2) is 17.2 Å². The van der Waals surface area contributed by atoms with Crippen molar-refractivity contribution in [3.8, 4) is 17.2 Å². The molecule has 0 aliphatic rings. The number of ether oxygens (including phenoxy) is 2. The average molecular weight is 297 g/mol. The van der Waals surface area contributed by atoms with Crippen LogP contribution in [-0.2, 0) is 0 Å². The van der Waals surface area contributed by atoms with Gasteiger partial charge in [-0.15, -0.1) is 13.2 Å². The molecule has 0 aliphatic carbocycles. The first-order valence-electron chi connectivity index (χ1n) is 5.68. The Kier molecular flexibility index (Phi) is 3.97. The smallest absolute Gasteiger partial charge is 0.451 e. The van der Waals surface area contributed by atoms with Crippen molar-refractivity contribution in [1.82, 2.24) is 4.98 Å². The van der Waals surface area contributed by atoms with Gasteiger partial charge in [0, 0.05) is 6.20 Å². The lowest BCUT2D eigenvalue weighted by Crippen LogP contribution is -2.17. The van der Waals surface area contributed by atoms with E-state index in [0.29, 0.717) is 0 Å². The van der Waals surface area contributed by atoms with E-state index in [1.807, 2.05) is 0 Å². The standard InChI is InChI=1S/C13H10F3N3O2/c14-13(15,16)21-10-4-2-1-3-9(10)20-11-7-19-6-5-8(11)12(17)18/h1-7H,(H3,17,18). The van der Waals surface area contributed by atoms with Gasteiger partial charge in [-0.1, -0.05) is 12.1 Å². The van der Waals surface area contributed by atoms with Crippen molar-refractivity contribution in [1.29, 1.82) is 5.41 Å². The number of nitrogens with two attached hydrogens (primary N) is 1. The molecule has 2 rings (SSSR count). The van der Waals surface area contributed by atoms with Crippen LogP contribution in [0, 0.1) is 5.41 Å². The van der Waals surface area contributed by atoms with Gasteiger partial charge < -0.3 is 15.2 Å². The Balaban J connectivity index is 2.35. The summed E-state index contributed by atoms with van der Waals surface area (Å²) in [4.78, 5) is 3.79. The fraction of sp³-hybridized carbons (Fsp3) is 0.0769. The van der Waals surface area contributed by atoms with E-state index in [4.69, 9.17) is 15.9 Å². The van der Waals surface area contributed by atoms with Crippen LogP contribution < -0.4 is 15.2 Å². The molecule has 0 aliphatic heterocycles. The summed E-state index contributed by atoms with van der Waals surface area (Å²) in [6, 6.07) is 6.71. The fourth-order valence-corrected chi connectivity index (χ4v) is 1.55. The van der Waals surface area contributed by atoms with Crippen molar-refractivity contribution in [3.05, 3.63) is 48.3 Å². The molecular weight excluding hydrogens is 287 g/mol. The van der Waals surface area contributed by atoms with Gasteiger partial charge in [-0.2, -0.15) is 0 Å². The molecule has 0 amide bonds. The monoisotopic (exact) mass is 297 g/mol. The SMILES string of the molecule is N=C(N)c1ccncc1Oc1ccccc1OC(F)(F)F. The largest absolute Gasteiger partial charge is 0.573 e. The zero-order chi connectivity index (χ0) is 15.5. The second kappa shape index (κ2) is 5.70. The number of nitrogen functional groups attached to an aromatic ring is 1. The number of benzene rings is 1. The summed E-state index contributed by atoms with van der Waals surface area (Å²) < 4.78 is 46.2. The maximum Gasteiger partial charge on any atom is 0.573 e. The van der Waals surface area contributed by atoms with Crippen molar-refractivity contribution in [2.45, 2.75) is 6.36 Å². The summed E-state index contributed by atoms with van der Waals surface area (Å²) in [5.41, 5.74) is 5.59. The Hall–Kier alpha value is -2.77. The summed E-state index contributed by atoms with van der Waals surface area (Å²) in [5.74, 6) is -0.890. The van der Waals surface area contributed by atoms with E-state index in [1.165, 1.54) is 36.7 Å². The average Bonchev–Trinajstić information content (AvgIpc) is 2.40. The number of nitrogens with one attached hydrogen (secondary N) is 1.